The second kappa shape index (κ2) is 7.32. The number of likely N-dealkylation sites (tertiary alicyclic amines) is 1. The molecule has 2 saturated heterocycles. The molecular weight excluding hydrogens is 316 g/mol. The molecule has 0 aromatic heterocycles. The molecule has 1 N–H and O–H groups in total. The van der Waals surface area contributed by atoms with E-state index in [1.165, 1.54) is 0 Å². The first-order valence-corrected chi connectivity index (χ1v) is 8.45. The van der Waals surface area contributed by atoms with Gasteiger partial charge in [-0.2, -0.15) is 0 Å². The van der Waals surface area contributed by atoms with Crippen LogP contribution in [-0.2, 0) is 9.53 Å². The second-order valence-electron chi connectivity index (χ2n) is 6.12. The van der Waals surface area contributed by atoms with Crippen molar-refractivity contribution in [3.05, 3.63) is 34.9 Å². The molecule has 0 saturated carbocycles. The van der Waals surface area contributed by atoms with E-state index in [1.807, 2.05) is 12.1 Å². The Hall–Kier alpha value is -1.59. The summed E-state index contributed by atoms with van der Waals surface area (Å²) in [5.41, 5.74) is 0.528. The van der Waals surface area contributed by atoms with Crippen LogP contribution in [0.1, 0.15) is 29.6 Å². The Morgan fingerprint density at radius 2 is 1.91 bits per heavy atom. The summed E-state index contributed by atoms with van der Waals surface area (Å²) in [5.74, 6) is 0.00916. The third-order valence-corrected chi connectivity index (χ3v) is 4.86. The third kappa shape index (κ3) is 3.85. The summed E-state index contributed by atoms with van der Waals surface area (Å²) < 4.78 is 5.27. The average Bonchev–Trinajstić information content (AvgIpc) is 3.08. The molecule has 1 aromatic rings. The molecule has 23 heavy (non-hydrogen) atoms. The van der Waals surface area contributed by atoms with Crippen LogP contribution in [0.5, 0.6) is 0 Å². The van der Waals surface area contributed by atoms with Crippen molar-refractivity contribution in [2.45, 2.75) is 25.3 Å². The highest BCUT2D eigenvalue weighted by Crippen LogP contribution is 2.22. The van der Waals surface area contributed by atoms with Gasteiger partial charge in [-0.1, -0.05) is 23.7 Å². The molecule has 2 aliphatic heterocycles. The monoisotopic (exact) mass is 336 g/mol. The minimum Gasteiger partial charge on any atom is -0.379 e. The third-order valence-electron chi connectivity index (χ3n) is 4.53. The van der Waals surface area contributed by atoms with Gasteiger partial charge in [0, 0.05) is 25.6 Å². The first-order chi connectivity index (χ1) is 11.1. The van der Waals surface area contributed by atoms with Crippen molar-refractivity contribution in [1.29, 1.82) is 0 Å². The Labute approximate surface area is 140 Å². The van der Waals surface area contributed by atoms with Crippen molar-refractivity contribution in [2.75, 3.05) is 26.3 Å². The Kier molecular flexibility index (Phi) is 5.18. The number of carbonyl (C=O) groups is 2. The van der Waals surface area contributed by atoms with Crippen molar-refractivity contribution in [3.8, 4) is 0 Å². The van der Waals surface area contributed by atoms with Gasteiger partial charge >= 0.3 is 0 Å². The Bertz CT molecular complexity index is 579. The zero-order valence-electron chi connectivity index (χ0n) is 13.0. The number of nitrogens with zero attached hydrogens (tertiary/aromatic N) is 1. The van der Waals surface area contributed by atoms with E-state index in [-0.39, 0.29) is 23.8 Å². The molecule has 1 atom stereocenters. The number of hydrogen-bond acceptors (Lipinski definition) is 3. The van der Waals surface area contributed by atoms with Crippen molar-refractivity contribution >= 4 is 23.4 Å². The SMILES string of the molecule is O=C(N[C@H]1CCOC1)C1CCN(C(=O)c2ccccc2Cl)CC1. The lowest BCUT2D eigenvalue weighted by atomic mass is 9.95. The van der Waals surface area contributed by atoms with Gasteiger partial charge in [-0.3, -0.25) is 9.59 Å². The molecule has 2 amide bonds. The molecule has 2 fully saturated rings. The van der Waals surface area contributed by atoms with Crippen LogP contribution in [0.2, 0.25) is 5.02 Å². The molecule has 0 bridgehead atoms. The van der Waals surface area contributed by atoms with E-state index in [0.717, 1.165) is 13.0 Å². The Morgan fingerprint density at radius 1 is 1.17 bits per heavy atom. The van der Waals surface area contributed by atoms with Crippen LogP contribution in [0.25, 0.3) is 0 Å². The van der Waals surface area contributed by atoms with E-state index in [1.54, 1.807) is 17.0 Å². The number of hydrogen-bond donors (Lipinski definition) is 1. The molecule has 2 heterocycles. The summed E-state index contributed by atoms with van der Waals surface area (Å²) in [7, 11) is 0. The number of benzene rings is 1. The number of amides is 2. The van der Waals surface area contributed by atoms with Gasteiger partial charge in [0.15, 0.2) is 0 Å². The fourth-order valence-electron chi connectivity index (χ4n) is 3.12. The van der Waals surface area contributed by atoms with E-state index >= 15 is 0 Å². The van der Waals surface area contributed by atoms with Gasteiger partial charge in [0.2, 0.25) is 5.91 Å². The highest BCUT2D eigenvalue weighted by molar-refractivity contribution is 6.33. The van der Waals surface area contributed by atoms with Crippen LogP contribution >= 0.6 is 11.6 Å². The van der Waals surface area contributed by atoms with Crippen molar-refractivity contribution in [2.24, 2.45) is 5.92 Å². The van der Waals surface area contributed by atoms with Gasteiger partial charge in [-0.05, 0) is 31.4 Å². The van der Waals surface area contributed by atoms with Crippen LogP contribution in [0.3, 0.4) is 0 Å². The Balaban J connectivity index is 1.52. The number of nitrogens with one attached hydrogen (secondary N) is 1. The number of ether oxygens (including phenoxy) is 1. The minimum atomic E-state index is -0.0568. The Morgan fingerprint density at radius 3 is 2.57 bits per heavy atom. The predicted molar refractivity (Wildman–Crippen MR) is 87.4 cm³/mol. The summed E-state index contributed by atoms with van der Waals surface area (Å²) in [6.07, 6.45) is 2.26. The zero-order valence-corrected chi connectivity index (χ0v) is 13.7. The highest BCUT2D eigenvalue weighted by Gasteiger charge is 2.30. The average molecular weight is 337 g/mol. The van der Waals surface area contributed by atoms with E-state index in [0.29, 0.717) is 43.1 Å². The first kappa shape index (κ1) is 16.3. The summed E-state index contributed by atoms with van der Waals surface area (Å²) >= 11 is 6.09. The van der Waals surface area contributed by atoms with Gasteiger partial charge in [-0.15, -0.1) is 0 Å². The number of halogens is 1. The van der Waals surface area contributed by atoms with E-state index in [4.69, 9.17) is 16.3 Å². The topological polar surface area (TPSA) is 58.6 Å². The molecule has 6 heteroatoms. The van der Waals surface area contributed by atoms with Gasteiger partial charge in [0.1, 0.15) is 0 Å². The fraction of sp³-hybridized carbons (Fsp3) is 0.529. The molecule has 0 unspecified atom stereocenters. The molecule has 0 spiro atoms. The smallest absolute Gasteiger partial charge is 0.255 e. The largest absolute Gasteiger partial charge is 0.379 e. The van der Waals surface area contributed by atoms with Crippen molar-refractivity contribution in [1.82, 2.24) is 10.2 Å². The number of piperidine rings is 1. The molecule has 5 nitrogen and oxygen atoms in total. The number of carbonyl (C=O) groups excluding carboxylic acids is 2. The maximum absolute atomic E-state index is 12.5. The van der Waals surface area contributed by atoms with Crippen LogP contribution < -0.4 is 5.32 Å². The van der Waals surface area contributed by atoms with E-state index < -0.39 is 0 Å². The van der Waals surface area contributed by atoms with E-state index in [2.05, 4.69) is 5.32 Å². The lowest BCUT2D eigenvalue weighted by Gasteiger charge is -2.32. The quantitative estimate of drug-likeness (QED) is 0.919. The summed E-state index contributed by atoms with van der Waals surface area (Å²) in [4.78, 5) is 26.5. The molecular formula is C17H21ClN2O3. The summed E-state index contributed by atoms with van der Waals surface area (Å²) in [6.45, 7) is 2.50. The maximum atomic E-state index is 12.5. The molecule has 0 radical (unpaired) electrons. The van der Waals surface area contributed by atoms with Crippen LogP contribution in [0, 0.1) is 5.92 Å². The van der Waals surface area contributed by atoms with Crippen LogP contribution in [0.4, 0.5) is 0 Å². The molecule has 3 rings (SSSR count). The van der Waals surface area contributed by atoms with Crippen LogP contribution in [-0.4, -0.2) is 49.1 Å². The standard InChI is InChI=1S/C17H21ClN2O3/c18-15-4-2-1-3-14(15)17(22)20-8-5-12(6-9-20)16(21)19-13-7-10-23-11-13/h1-4,12-13H,5-11H2,(H,19,21)/t13-/m0/s1. The molecule has 124 valence electrons. The number of rotatable bonds is 3. The van der Waals surface area contributed by atoms with E-state index in [9.17, 15) is 9.59 Å². The second-order valence-corrected chi connectivity index (χ2v) is 6.52. The predicted octanol–water partition coefficient (Wildman–Crippen LogP) is 2.10. The fourth-order valence-corrected chi connectivity index (χ4v) is 3.33. The lowest BCUT2D eigenvalue weighted by Crippen LogP contribution is -2.45. The zero-order chi connectivity index (χ0) is 16.2. The van der Waals surface area contributed by atoms with Crippen molar-refractivity contribution < 1.29 is 14.3 Å². The maximum Gasteiger partial charge on any atom is 0.255 e. The molecule has 2 aliphatic rings. The van der Waals surface area contributed by atoms with Gasteiger partial charge in [0.05, 0.1) is 23.2 Å². The minimum absolute atomic E-state index is 0.0223. The molecule has 0 aliphatic carbocycles. The summed E-state index contributed by atoms with van der Waals surface area (Å²) in [5, 5.41) is 3.52. The normalized spacial score (nSPS) is 22.1. The molecule has 1 aromatic carbocycles. The van der Waals surface area contributed by atoms with Crippen LogP contribution in [0.15, 0.2) is 24.3 Å². The van der Waals surface area contributed by atoms with Gasteiger partial charge < -0.3 is 15.0 Å². The van der Waals surface area contributed by atoms with Crippen molar-refractivity contribution in [3.63, 3.8) is 0 Å². The highest BCUT2D eigenvalue weighted by atomic mass is 35.5. The van der Waals surface area contributed by atoms with Gasteiger partial charge in [-0.25, -0.2) is 0 Å². The van der Waals surface area contributed by atoms with Gasteiger partial charge in [0.25, 0.3) is 5.91 Å². The lowest BCUT2D eigenvalue weighted by molar-refractivity contribution is -0.127. The summed E-state index contributed by atoms with van der Waals surface area (Å²) in [6, 6.07) is 7.22. The first-order valence-electron chi connectivity index (χ1n) is 8.07.